The highest BCUT2D eigenvalue weighted by atomic mass is 35.5. The molecule has 1 saturated heterocycles. The van der Waals surface area contributed by atoms with Gasteiger partial charge in [0.05, 0.1) is 23.3 Å². The minimum atomic E-state index is -4.66. The molecule has 0 saturated carbocycles. The Bertz CT molecular complexity index is 1500. The van der Waals surface area contributed by atoms with E-state index in [0.29, 0.717) is 0 Å². The Balaban J connectivity index is 1.99. The van der Waals surface area contributed by atoms with Gasteiger partial charge in [-0.25, -0.2) is 9.36 Å². The summed E-state index contributed by atoms with van der Waals surface area (Å²) in [7, 11) is -4.66. The molecule has 3 rings (SSSR count). The number of carbonyl (C=O) groups is 1. The number of carbonyl (C=O) groups excluding carboxylic acids is 1. The number of aliphatic hydroxyl groups excluding tert-OH is 2. The van der Waals surface area contributed by atoms with Gasteiger partial charge in [0, 0.05) is 23.2 Å². The number of nitrogens with one attached hydrogen (secondary N) is 2. The summed E-state index contributed by atoms with van der Waals surface area (Å²) in [5, 5.41) is 27.7. The van der Waals surface area contributed by atoms with E-state index in [4.69, 9.17) is 41.7 Å². The first-order valence-electron chi connectivity index (χ1n) is 12.5. The van der Waals surface area contributed by atoms with Gasteiger partial charge < -0.3 is 24.2 Å². The number of rotatable bonds is 13. The van der Waals surface area contributed by atoms with Gasteiger partial charge in [-0.1, -0.05) is 42.2 Å². The lowest BCUT2D eigenvalue weighted by Gasteiger charge is -2.30. The van der Waals surface area contributed by atoms with E-state index in [1.54, 1.807) is 20.8 Å². The standard InChI is InChI=1S/C23H29Cl2N6O10P/c1-4-38-21(35)16(9-12(2)3)28-42(37,41-13-5-6-14(24)15(25)10-13)39-11-23(29-30-26)19(34)18(33)20(40-23)31-8-7-17(32)27-22(31)36/h5-8,10,12,16,18-20,33-34H,4,9,11H2,1-3H3,(H,28,37)(H,27,32,36)/t16-,18+,19-,20+,23+,42?/m0/s1. The third kappa shape index (κ3) is 7.92. The minimum Gasteiger partial charge on any atom is -0.465 e. The number of hydrogen-bond donors (Lipinski definition) is 4. The second kappa shape index (κ2) is 14.0. The number of esters is 1. The SMILES string of the molecule is CCOC(=O)[C@H](CC(C)C)NP(=O)(OC[C@@]1(N=[N+]=[N-])O[C@@H](n2ccc(=O)[nH]c2=O)[C@H](O)[C@@H]1O)Oc1ccc(Cl)c(Cl)c1. The predicted molar refractivity (Wildman–Crippen MR) is 149 cm³/mol. The average molecular weight is 651 g/mol. The van der Waals surface area contributed by atoms with Crippen LogP contribution in [0.3, 0.4) is 0 Å². The molecule has 1 aliphatic rings. The number of H-pyrrole nitrogens is 1. The van der Waals surface area contributed by atoms with Crippen LogP contribution >= 0.6 is 30.9 Å². The molecule has 1 aromatic carbocycles. The average Bonchev–Trinajstić information content (AvgIpc) is 3.15. The number of aromatic amines is 1. The number of halogens is 2. The maximum absolute atomic E-state index is 14.1. The van der Waals surface area contributed by atoms with Gasteiger partial charge in [0.2, 0.25) is 5.72 Å². The molecule has 0 bridgehead atoms. The van der Waals surface area contributed by atoms with Crippen LogP contribution < -0.4 is 20.9 Å². The number of nitrogens with zero attached hydrogens (tertiary/aromatic N) is 4. The first-order chi connectivity index (χ1) is 19.7. The molecule has 1 unspecified atom stereocenters. The van der Waals surface area contributed by atoms with Crippen molar-refractivity contribution in [3.05, 3.63) is 71.8 Å². The smallest absolute Gasteiger partial charge is 0.459 e. The van der Waals surface area contributed by atoms with Crippen molar-refractivity contribution in [1.82, 2.24) is 14.6 Å². The van der Waals surface area contributed by atoms with Crippen LogP contribution in [0.15, 0.2) is 45.2 Å². The Morgan fingerprint density at radius 2 is 2.02 bits per heavy atom. The molecule has 42 heavy (non-hydrogen) atoms. The summed E-state index contributed by atoms with van der Waals surface area (Å²) >= 11 is 12.0. The lowest BCUT2D eigenvalue weighted by Crippen LogP contribution is -2.46. The molecule has 2 aromatic rings. The lowest BCUT2D eigenvalue weighted by atomic mass is 10.1. The van der Waals surface area contributed by atoms with Crippen molar-refractivity contribution >= 4 is 36.9 Å². The third-order valence-corrected chi connectivity index (χ3v) is 8.18. The second-order valence-electron chi connectivity index (χ2n) is 9.50. The molecule has 4 N–H and O–H groups in total. The highest BCUT2D eigenvalue weighted by Crippen LogP contribution is 2.49. The van der Waals surface area contributed by atoms with E-state index in [1.165, 1.54) is 18.2 Å². The molecular formula is C23H29Cl2N6O10P. The van der Waals surface area contributed by atoms with Gasteiger partial charge in [0.25, 0.3) is 5.56 Å². The van der Waals surface area contributed by atoms with Crippen molar-refractivity contribution in [3.63, 3.8) is 0 Å². The van der Waals surface area contributed by atoms with E-state index in [9.17, 15) is 34.7 Å². The van der Waals surface area contributed by atoms with Gasteiger partial charge in [-0.3, -0.25) is 23.7 Å². The van der Waals surface area contributed by atoms with Gasteiger partial charge in [-0.05, 0) is 36.9 Å². The molecule has 6 atom stereocenters. The van der Waals surface area contributed by atoms with Crippen molar-refractivity contribution in [3.8, 4) is 5.75 Å². The van der Waals surface area contributed by atoms with Crippen LogP contribution in [0, 0.1) is 5.92 Å². The van der Waals surface area contributed by atoms with Crippen LogP contribution in [0.4, 0.5) is 0 Å². The highest BCUT2D eigenvalue weighted by molar-refractivity contribution is 7.52. The summed E-state index contributed by atoms with van der Waals surface area (Å²) in [6, 6.07) is 3.66. The minimum absolute atomic E-state index is 0.0251. The van der Waals surface area contributed by atoms with E-state index < -0.39 is 61.8 Å². The molecule has 1 aromatic heterocycles. The summed E-state index contributed by atoms with van der Waals surface area (Å²) in [5.41, 5.74) is 5.04. The number of aliphatic hydroxyl groups is 2. The van der Waals surface area contributed by atoms with Crippen molar-refractivity contribution in [2.75, 3.05) is 13.2 Å². The lowest BCUT2D eigenvalue weighted by molar-refractivity contribution is -0.145. The maximum Gasteiger partial charge on any atom is 0.459 e. The molecule has 16 nitrogen and oxygen atoms in total. The van der Waals surface area contributed by atoms with Gasteiger partial charge in [0.1, 0.15) is 24.0 Å². The van der Waals surface area contributed by atoms with E-state index in [2.05, 4.69) is 15.1 Å². The van der Waals surface area contributed by atoms with Gasteiger partial charge >= 0.3 is 19.4 Å². The molecule has 0 amide bonds. The highest BCUT2D eigenvalue weighted by Gasteiger charge is 2.56. The van der Waals surface area contributed by atoms with Crippen LogP contribution in [0.2, 0.25) is 10.0 Å². The molecule has 0 aliphatic carbocycles. The summed E-state index contributed by atoms with van der Waals surface area (Å²) in [4.78, 5) is 41.1. The zero-order valence-electron chi connectivity index (χ0n) is 22.5. The monoisotopic (exact) mass is 650 g/mol. The number of hydrogen-bond acceptors (Lipinski definition) is 11. The van der Waals surface area contributed by atoms with Crippen LogP contribution in [-0.4, -0.2) is 62.9 Å². The van der Waals surface area contributed by atoms with E-state index in [0.717, 1.165) is 16.8 Å². The molecule has 2 heterocycles. The quantitative estimate of drug-likeness (QED) is 0.0809. The summed E-state index contributed by atoms with van der Waals surface area (Å²) in [6.45, 7) is 4.20. The fraction of sp³-hybridized carbons (Fsp3) is 0.522. The Labute approximate surface area is 248 Å². The molecule has 230 valence electrons. The maximum atomic E-state index is 14.1. The fourth-order valence-corrected chi connectivity index (χ4v) is 5.78. The largest absolute Gasteiger partial charge is 0.465 e. The fourth-order valence-electron chi connectivity index (χ4n) is 3.97. The summed E-state index contributed by atoms with van der Waals surface area (Å²) in [6.07, 6.45) is -4.47. The molecular weight excluding hydrogens is 622 g/mol. The summed E-state index contributed by atoms with van der Waals surface area (Å²) in [5.74, 6) is -0.954. The number of azide groups is 1. The number of ether oxygens (including phenoxy) is 2. The van der Waals surface area contributed by atoms with E-state index >= 15 is 0 Å². The van der Waals surface area contributed by atoms with Gasteiger partial charge in [0.15, 0.2) is 6.23 Å². The molecule has 19 heteroatoms. The molecule has 1 fully saturated rings. The number of benzene rings is 1. The number of aromatic nitrogens is 2. The summed E-state index contributed by atoms with van der Waals surface area (Å²) < 4.78 is 36.8. The van der Waals surface area contributed by atoms with Gasteiger partial charge in [-0.15, -0.1) is 0 Å². The van der Waals surface area contributed by atoms with E-state index in [-0.39, 0.29) is 34.7 Å². The van der Waals surface area contributed by atoms with E-state index in [1.807, 2.05) is 4.98 Å². The molecule has 1 aliphatic heterocycles. The van der Waals surface area contributed by atoms with Crippen LogP contribution in [-0.2, 0) is 23.4 Å². The Morgan fingerprint density at radius 1 is 1.31 bits per heavy atom. The second-order valence-corrected chi connectivity index (χ2v) is 12.0. The Hall–Kier alpha value is -2.91. The molecule has 0 radical (unpaired) electrons. The molecule has 0 spiro atoms. The van der Waals surface area contributed by atoms with Crippen LogP contribution in [0.1, 0.15) is 33.4 Å². The van der Waals surface area contributed by atoms with Crippen LogP contribution in [0.5, 0.6) is 5.75 Å². The van der Waals surface area contributed by atoms with Crippen molar-refractivity contribution < 1.29 is 38.1 Å². The zero-order chi connectivity index (χ0) is 31.2. The first-order valence-corrected chi connectivity index (χ1v) is 14.8. The zero-order valence-corrected chi connectivity index (χ0v) is 25.0. The Kier molecular flexibility index (Phi) is 11.2. The first kappa shape index (κ1) is 33.6. The van der Waals surface area contributed by atoms with Crippen molar-refractivity contribution in [2.24, 2.45) is 11.0 Å². The third-order valence-electron chi connectivity index (χ3n) is 5.89. The van der Waals surface area contributed by atoms with Gasteiger partial charge in [-0.2, -0.15) is 5.09 Å². The topological polar surface area (TPSA) is 227 Å². The van der Waals surface area contributed by atoms with Crippen molar-refractivity contribution in [2.45, 2.75) is 57.4 Å². The normalized spacial score (nSPS) is 24.0. The Morgan fingerprint density at radius 3 is 2.62 bits per heavy atom. The predicted octanol–water partition coefficient (Wildman–Crippen LogP) is 2.87. The van der Waals surface area contributed by atoms with Crippen molar-refractivity contribution in [1.29, 1.82) is 0 Å². The van der Waals surface area contributed by atoms with Crippen LogP contribution in [0.25, 0.3) is 10.4 Å².